The van der Waals surface area contributed by atoms with E-state index < -0.39 is 5.82 Å². The van der Waals surface area contributed by atoms with E-state index >= 15 is 0 Å². The predicted molar refractivity (Wildman–Crippen MR) is 77.2 cm³/mol. The number of nitrogens with one attached hydrogen (secondary N) is 2. The van der Waals surface area contributed by atoms with Crippen LogP contribution in [-0.4, -0.2) is 23.5 Å². The van der Waals surface area contributed by atoms with Crippen LogP contribution < -0.4 is 10.6 Å². The van der Waals surface area contributed by atoms with Crippen LogP contribution in [0.3, 0.4) is 0 Å². The second kappa shape index (κ2) is 5.77. The lowest BCUT2D eigenvalue weighted by Gasteiger charge is -2.18. The van der Waals surface area contributed by atoms with E-state index in [9.17, 15) is 9.18 Å². The fourth-order valence-corrected chi connectivity index (χ4v) is 2.74. The van der Waals surface area contributed by atoms with Crippen molar-refractivity contribution in [1.82, 2.24) is 10.3 Å². The molecule has 110 valence electrons. The van der Waals surface area contributed by atoms with Crippen molar-refractivity contribution in [2.45, 2.75) is 46.1 Å². The van der Waals surface area contributed by atoms with Crippen molar-refractivity contribution in [2.75, 3.05) is 11.9 Å². The van der Waals surface area contributed by atoms with Crippen LogP contribution in [0.1, 0.15) is 50.4 Å². The number of amides is 1. The first kappa shape index (κ1) is 14.8. The lowest BCUT2D eigenvalue weighted by atomic mass is 9.92. The van der Waals surface area contributed by atoms with Gasteiger partial charge in [0.2, 0.25) is 0 Å². The van der Waals surface area contributed by atoms with Crippen LogP contribution in [0.25, 0.3) is 0 Å². The number of rotatable bonds is 4. The Labute approximate surface area is 119 Å². The van der Waals surface area contributed by atoms with Crippen LogP contribution in [0, 0.1) is 11.2 Å². The molecular formula is C15H22FN3O. The third-order valence-electron chi connectivity index (χ3n) is 3.75. The summed E-state index contributed by atoms with van der Waals surface area (Å²) in [5.41, 5.74) is 0.541. The molecule has 1 saturated carbocycles. The van der Waals surface area contributed by atoms with Gasteiger partial charge in [-0.3, -0.25) is 4.79 Å². The van der Waals surface area contributed by atoms with Gasteiger partial charge in [-0.25, -0.2) is 9.37 Å². The van der Waals surface area contributed by atoms with Crippen LogP contribution in [-0.2, 0) is 0 Å². The van der Waals surface area contributed by atoms with E-state index in [1.807, 2.05) is 6.92 Å². The minimum atomic E-state index is -0.497. The number of hydrogen-bond acceptors (Lipinski definition) is 3. The molecule has 1 unspecified atom stereocenters. The number of carbonyl (C=O) groups is 1. The Balaban J connectivity index is 2.11. The van der Waals surface area contributed by atoms with E-state index in [-0.39, 0.29) is 22.9 Å². The molecule has 0 aliphatic heterocycles. The highest BCUT2D eigenvalue weighted by Crippen LogP contribution is 2.37. The van der Waals surface area contributed by atoms with E-state index in [1.54, 1.807) is 0 Å². The van der Waals surface area contributed by atoms with Crippen molar-refractivity contribution in [2.24, 2.45) is 5.41 Å². The van der Waals surface area contributed by atoms with E-state index in [0.717, 1.165) is 25.5 Å². The fourth-order valence-electron chi connectivity index (χ4n) is 2.74. The molecule has 1 heterocycles. The van der Waals surface area contributed by atoms with E-state index in [0.29, 0.717) is 12.4 Å². The zero-order chi connectivity index (χ0) is 14.8. The predicted octanol–water partition coefficient (Wildman–Crippen LogP) is 2.96. The molecule has 4 nitrogen and oxygen atoms in total. The van der Waals surface area contributed by atoms with Gasteiger partial charge < -0.3 is 10.6 Å². The molecule has 0 saturated heterocycles. The van der Waals surface area contributed by atoms with Gasteiger partial charge in [0.05, 0.1) is 11.8 Å². The molecule has 0 bridgehead atoms. The Morgan fingerprint density at radius 3 is 2.90 bits per heavy atom. The Morgan fingerprint density at radius 1 is 1.55 bits per heavy atom. The van der Waals surface area contributed by atoms with Gasteiger partial charge in [0, 0.05) is 12.6 Å². The Kier molecular flexibility index (Phi) is 4.26. The Bertz CT molecular complexity index is 502. The first-order valence-electron chi connectivity index (χ1n) is 7.11. The minimum Gasteiger partial charge on any atom is -0.370 e. The molecule has 20 heavy (non-hydrogen) atoms. The first-order valence-corrected chi connectivity index (χ1v) is 7.11. The summed E-state index contributed by atoms with van der Waals surface area (Å²) in [5.74, 6) is -0.317. The van der Waals surface area contributed by atoms with Gasteiger partial charge in [-0.05, 0) is 37.7 Å². The Morgan fingerprint density at radius 2 is 2.30 bits per heavy atom. The lowest BCUT2D eigenvalue weighted by Crippen LogP contribution is -2.34. The number of halogens is 1. The van der Waals surface area contributed by atoms with Crippen molar-refractivity contribution < 1.29 is 9.18 Å². The zero-order valence-electron chi connectivity index (χ0n) is 12.3. The van der Waals surface area contributed by atoms with E-state index in [2.05, 4.69) is 29.5 Å². The van der Waals surface area contributed by atoms with Crippen molar-refractivity contribution >= 4 is 11.7 Å². The summed E-state index contributed by atoms with van der Waals surface area (Å²) < 4.78 is 13.3. The summed E-state index contributed by atoms with van der Waals surface area (Å²) in [5, 5.41) is 5.98. The van der Waals surface area contributed by atoms with Crippen molar-refractivity contribution in [3.05, 3.63) is 23.6 Å². The topological polar surface area (TPSA) is 54.0 Å². The molecule has 1 aliphatic carbocycles. The number of hydrogen-bond donors (Lipinski definition) is 2. The van der Waals surface area contributed by atoms with E-state index in [1.165, 1.54) is 6.07 Å². The number of pyridine rings is 1. The Hall–Kier alpha value is -1.65. The third-order valence-corrected chi connectivity index (χ3v) is 3.75. The molecule has 0 aromatic carbocycles. The largest absolute Gasteiger partial charge is 0.370 e. The SMILES string of the molecule is CCNc1ncc(F)cc1C(=O)NC1CCC(C)(C)C1. The van der Waals surface area contributed by atoms with Crippen LogP contribution in [0.2, 0.25) is 0 Å². The molecule has 1 fully saturated rings. The van der Waals surface area contributed by atoms with Crippen LogP contribution in [0.5, 0.6) is 0 Å². The van der Waals surface area contributed by atoms with Gasteiger partial charge in [0.1, 0.15) is 11.6 Å². The van der Waals surface area contributed by atoms with Gasteiger partial charge in [0.15, 0.2) is 0 Å². The molecular weight excluding hydrogens is 257 g/mol. The van der Waals surface area contributed by atoms with Gasteiger partial charge in [-0.2, -0.15) is 0 Å². The smallest absolute Gasteiger partial charge is 0.255 e. The summed E-state index contributed by atoms with van der Waals surface area (Å²) in [6.07, 6.45) is 4.14. The average molecular weight is 279 g/mol. The van der Waals surface area contributed by atoms with Gasteiger partial charge in [-0.1, -0.05) is 13.8 Å². The third kappa shape index (κ3) is 3.46. The molecule has 2 rings (SSSR count). The fraction of sp³-hybridized carbons (Fsp3) is 0.600. The van der Waals surface area contributed by atoms with Crippen molar-refractivity contribution in [3.8, 4) is 0 Å². The van der Waals surface area contributed by atoms with Crippen LogP contribution in [0.4, 0.5) is 10.2 Å². The second-order valence-electron chi connectivity index (χ2n) is 6.16. The molecule has 2 N–H and O–H groups in total. The van der Waals surface area contributed by atoms with Gasteiger partial charge >= 0.3 is 0 Å². The molecule has 1 amide bonds. The number of carbonyl (C=O) groups excluding carboxylic acids is 1. The molecule has 0 spiro atoms. The monoisotopic (exact) mass is 279 g/mol. The van der Waals surface area contributed by atoms with Gasteiger partial charge in [0.25, 0.3) is 5.91 Å². The minimum absolute atomic E-state index is 0.162. The standard InChI is InChI=1S/C15H22FN3O/c1-4-17-13-12(7-10(16)9-18-13)14(20)19-11-5-6-15(2,3)8-11/h7,9,11H,4-6,8H2,1-3H3,(H,17,18)(H,19,20). The zero-order valence-corrected chi connectivity index (χ0v) is 12.3. The normalized spacial score (nSPS) is 20.7. The molecule has 1 aromatic rings. The van der Waals surface area contributed by atoms with Crippen LogP contribution in [0.15, 0.2) is 12.3 Å². The summed E-state index contributed by atoms with van der Waals surface area (Å²) in [6, 6.07) is 1.40. The molecule has 1 aromatic heterocycles. The summed E-state index contributed by atoms with van der Waals surface area (Å²) in [6.45, 7) is 6.95. The highest BCUT2D eigenvalue weighted by Gasteiger charge is 2.32. The maximum Gasteiger partial charge on any atom is 0.255 e. The molecule has 1 atom stereocenters. The maximum atomic E-state index is 13.3. The summed E-state index contributed by atoms with van der Waals surface area (Å²) >= 11 is 0. The number of aromatic nitrogens is 1. The molecule has 5 heteroatoms. The lowest BCUT2D eigenvalue weighted by molar-refractivity contribution is 0.0936. The van der Waals surface area contributed by atoms with Crippen molar-refractivity contribution in [3.63, 3.8) is 0 Å². The van der Waals surface area contributed by atoms with Crippen molar-refractivity contribution in [1.29, 1.82) is 0 Å². The van der Waals surface area contributed by atoms with E-state index in [4.69, 9.17) is 0 Å². The summed E-state index contributed by atoms with van der Waals surface area (Å²) in [4.78, 5) is 16.2. The first-order chi connectivity index (χ1) is 9.41. The van der Waals surface area contributed by atoms with Crippen LogP contribution >= 0.6 is 0 Å². The molecule has 1 aliphatic rings. The summed E-state index contributed by atoms with van der Waals surface area (Å²) in [7, 11) is 0. The maximum absolute atomic E-state index is 13.3. The van der Waals surface area contributed by atoms with Gasteiger partial charge in [-0.15, -0.1) is 0 Å². The number of anilines is 1. The average Bonchev–Trinajstić information content (AvgIpc) is 2.71. The quantitative estimate of drug-likeness (QED) is 0.891. The number of nitrogens with zero attached hydrogens (tertiary/aromatic N) is 1. The molecule has 0 radical (unpaired) electrons. The highest BCUT2D eigenvalue weighted by molar-refractivity contribution is 5.98. The second-order valence-corrected chi connectivity index (χ2v) is 6.16. The highest BCUT2D eigenvalue weighted by atomic mass is 19.1.